The summed E-state index contributed by atoms with van der Waals surface area (Å²) in [7, 11) is 1.79. The van der Waals surface area contributed by atoms with Gasteiger partial charge in [0.05, 0.1) is 24.7 Å². The summed E-state index contributed by atoms with van der Waals surface area (Å²) in [4.78, 5) is 8.45. The molecule has 2 aromatic rings. The van der Waals surface area contributed by atoms with E-state index >= 15 is 0 Å². The Balaban J connectivity index is 1.43. The maximum absolute atomic E-state index is 6.03. The van der Waals surface area contributed by atoms with Crippen LogP contribution in [-0.4, -0.2) is 41.8 Å². The number of aliphatic imine (C=N–C) groups is 1. The number of hydrogen-bond acceptors (Lipinski definition) is 3. The zero-order valence-corrected chi connectivity index (χ0v) is 16.2. The van der Waals surface area contributed by atoms with Crippen molar-refractivity contribution in [2.24, 2.45) is 4.99 Å². The number of rotatable bonds is 7. The minimum absolute atomic E-state index is 0.436. The van der Waals surface area contributed by atoms with Crippen molar-refractivity contribution in [3.63, 3.8) is 0 Å². The number of para-hydroxylation sites is 1. The predicted molar refractivity (Wildman–Crippen MR) is 109 cm³/mol. The van der Waals surface area contributed by atoms with Crippen molar-refractivity contribution in [1.82, 2.24) is 20.2 Å². The molecule has 2 N–H and O–H groups in total. The third-order valence-electron chi connectivity index (χ3n) is 4.99. The molecule has 146 valence electrons. The summed E-state index contributed by atoms with van der Waals surface area (Å²) in [6, 6.07) is 8.30. The minimum atomic E-state index is 0.436. The lowest BCUT2D eigenvalue weighted by Gasteiger charge is -2.17. The van der Waals surface area contributed by atoms with Gasteiger partial charge in [0.1, 0.15) is 0 Å². The quantitative estimate of drug-likeness (QED) is 0.340. The van der Waals surface area contributed by atoms with Gasteiger partial charge < -0.3 is 19.9 Å². The van der Waals surface area contributed by atoms with E-state index in [4.69, 9.17) is 4.74 Å². The van der Waals surface area contributed by atoms with Crippen LogP contribution in [0.15, 0.2) is 48.0 Å². The van der Waals surface area contributed by atoms with Gasteiger partial charge in [0.2, 0.25) is 0 Å². The molecule has 1 aromatic carbocycles. The van der Waals surface area contributed by atoms with E-state index in [9.17, 15) is 0 Å². The molecule has 6 nitrogen and oxygen atoms in total. The summed E-state index contributed by atoms with van der Waals surface area (Å²) in [5.41, 5.74) is 2.31. The Kier molecular flexibility index (Phi) is 7.71. The summed E-state index contributed by atoms with van der Waals surface area (Å²) in [6.07, 6.45) is 13.7. The van der Waals surface area contributed by atoms with E-state index < -0.39 is 0 Å². The highest BCUT2D eigenvalue weighted by molar-refractivity contribution is 5.79. The third kappa shape index (κ3) is 6.10. The standard InChI is InChI=1S/C21H31N5O/c1-22-21(24-13-15-27-19-9-4-2-3-5-10-19)25-16-18-8-6-7-11-20(18)26-14-12-23-17-26/h6-8,11-12,14,17,19H,2-5,9-10,13,15-16H2,1H3,(H2,22,24,25). The number of nitrogens with zero attached hydrogens (tertiary/aromatic N) is 3. The monoisotopic (exact) mass is 369 g/mol. The van der Waals surface area contributed by atoms with Gasteiger partial charge in [-0.1, -0.05) is 43.9 Å². The van der Waals surface area contributed by atoms with Crippen molar-refractivity contribution in [1.29, 1.82) is 0 Å². The van der Waals surface area contributed by atoms with Crippen LogP contribution < -0.4 is 10.6 Å². The fourth-order valence-corrected chi connectivity index (χ4v) is 3.52. The lowest BCUT2D eigenvalue weighted by atomic mass is 10.1. The molecule has 0 aliphatic heterocycles. The average Bonchev–Trinajstić information content (AvgIpc) is 3.12. The maximum Gasteiger partial charge on any atom is 0.191 e. The van der Waals surface area contributed by atoms with Crippen molar-refractivity contribution < 1.29 is 4.74 Å². The summed E-state index contributed by atoms with van der Waals surface area (Å²) < 4.78 is 8.05. The molecule has 0 bridgehead atoms. The largest absolute Gasteiger partial charge is 0.376 e. The van der Waals surface area contributed by atoms with Crippen molar-refractivity contribution in [3.8, 4) is 5.69 Å². The van der Waals surface area contributed by atoms with Gasteiger partial charge in [-0.15, -0.1) is 0 Å². The van der Waals surface area contributed by atoms with E-state index in [1.807, 2.05) is 29.2 Å². The number of hydrogen-bond donors (Lipinski definition) is 2. The second kappa shape index (κ2) is 10.7. The van der Waals surface area contributed by atoms with Crippen LogP contribution >= 0.6 is 0 Å². The van der Waals surface area contributed by atoms with E-state index in [0.717, 1.165) is 24.8 Å². The Morgan fingerprint density at radius 2 is 2.00 bits per heavy atom. The number of aromatic nitrogens is 2. The molecule has 0 amide bonds. The van der Waals surface area contributed by atoms with Crippen molar-refractivity contribution in [2.75, 3.05) is 20.2 Å². The Morgan fingerprint density at radius 3 is 2.74 bits per heavy atom. The predicted octanol–water partition coefficient (Wildman–Crippen LogP) is 3.28. The van der Waals surface area contributed by atoms with E-state index in [-0.39, 0.29) is 0 Å². The zero-order valence-electron chi connectivity index (χ0n) is 16.2. The lowest BCUT2D eigenvalue weighted by Crippen LogP contribution is -2.39. The maximum atomic E-state index is 6.03. The molecule has 6 heteroatoms. The van der Waals surface area contributed by atoms with Crippen molar-refractivity contribution in [2.45, 2.75) is 51.2 Å². The van der Waals surface area contributed by atoms with Crippen LogP contribution in [0, 0.1) is 0 Å². The van der Waals surface area contributed by atoms with Gasteiger partial charge >= 0.3 is 0 Å². The summed E-state index contributed by atoms with van der Waals surface area (Å²) in [5, 5.41) is 6.73. The molecule has 1 aromatic heterocycles. The highest BCUT2D eigenvalue weighted by Crippen LogP contribution is 2.19. The van der Waals surface area contributed by atoms with Crippen LogP contribution in [0.3, 0.4) is 0 Å². The molecule has 0 spiro atoms. The Labute approximate surface area is 162 Å². The van der Waals surface area contributed by atoms with E-state index in [0.29, 0.717) is 12.6 Å². The summed E-state index contributed by atoms with van der Waals surface area (Å²) in [6.45, 7) is 2.17. The second-order valence-electron chi connectivity index (χ2n) is 6.94. The second-order valence-corrected chi connectivity index (χ2v) is 6.94. The Bertz CT molecular complexity index is 690. The Hall–Kier alpha value is -2.34. The van der Waals surface area contributed by atoms with Gasteiger partial charge in [-0.3, -0.25) is 4.99 Å². The smallest absolute Gasteiger partial charge is 0.191 e. The van der Waals surface area contributed by atoms with Crippen LogP contribution in [-0.2, 0) is 11.3 Å². The van der Waals surface area contributed by atoms with Gasteiger partial charge in [0.15, 0.2) is 5.96 Å². The minimum Gasteiger partial charge on any atom is -0.376 e. The number of benzene rings is 1. The number of guanidine groups is 1. The summed E-state index contributed by atoms with van der Waals surface area (Å²) in [5.74, 6) is 0.792. The first kappa shape index (κ1) is 19.4. The van der Waals surface area contributed by atoms with Crippen LogP contribution in [0.2, 0.25) is 0 Å². The van der Waals surface area contributed by atoms with Crippen molar-refractivity contribution in [3.05, 3.63) is 48.5 Å². The number of imidazole rings is 1. The third-order valence-corrected chi connectivity index (χ3v) is 4.99. The average molecular weight is 370 g/mol. The zero-order chi connectivity index (χ0) is 18.7. The van der Waals surface area contributed by atoms with Gasteiger partial charge in [0, 0.05) is 32.5 Å². The fraction of sp³-hybridized carbons (Fsp3) is 0.524. The molecule has 27 heavy (non-hydrogen) atoms. The van der Waals surface area contributed by atoms with Gasteiger partial charge in [-0.2, -0.15) is 0 Å². The molecule has 3 rings (SSSR count). The van der Waals surface area contributed by atoms with Gasteiger partial charge in [-0.25, -0.2) is 4.98 Å². The lowest BCUT2D eigenvalue weighted by molar-refractivity contribution is 0.0468. The first-order valence-electron chi connectivity index (χ1n) is 9.99. The summed E-state index contributed by atoms with van der Waals surface area (Å²) >= 11 is 0. The molecule has 1 saturated carbocycles. The van der Waals surface area contributed by atoms with Crippen LogP contribution in [0.25, 0.3) is 5.69 Å². The molecule has 0 saturated heterocycles. The van der Waals surface area contributed by atoms with Crippen LogP contribution in [0.4, 0.5) is 0 Å². The van der Waals surface area contributed by atoms with Crippen molar-refractivity contribution >= 4 is 5.96 Å². The Morgan fingerprint density at radius 1 is 1.19 bits per heavy atom. The highest BCUT2D eigenvalue weighted by Gasteiger charge is 2.12. The molecule has 0 atom stereocenters. The molecule has 1 aliphatic carbocycles. The molecular formula is C21H31N5O. The van der Waals surface area contributed by atoms with E-state index in [1.54, 1.807) is 13.2 Å². The SMILES string of the molecule is CN=C(NCCOC1CCCCCC1)NCc1ccccc1-n1ccnc1. The first-order chi connectivity index (χ1) is 13.4. The molecule has 1 heterocycles. The topological polar surface area (TPSA) is 63.5 Å². The van der Waals surface area contributed by atoms with Gasteiger partial charge in [0.25, 0.3) is 0 Å². The van der Waals surface area contributed by atoms with E-state index in [1.165, 1.54) is 44.1 Å². The first-order valence-corrected chi connectivity index (χ1v) is 9.99. The van der Waals surface area contributed by atoms with Crippen LogP contribution in [0.5, 0.6) is 0 Å². The highest BCUT2D eigenvalue weighted by atomic mass is 16.5. The number of ether oxygens (including phenoxy) is 1. The number of nitrogens with one attached hydrogen (secondary N) is 2. The van der Waals surface area contributed by atoms with Gasteiger partial charge in [-0.05, 0) is 24.5 Å². The molecule has 1 fully saturated rings. The van der Waals surface area contributed by atoms with Crippen LogP contribution in [0.1, 0.15) is 44.1 Å². The molecule has 0 radical (unpaired) electrons. The molecule has 1 aliphatic rings. The fourth-order valence-electron chi connectivity index (χ4n) is 3.52. The molecule has 0 unspecified atom stereocenters. The normalized spacial score (nSPS) is 16.1. The van der Waals surface area contributed by atoms with E-state index in [2.05, 4.69) is 32.7 Å². The molecular weight excluding hydrogens is 338 g/mol.